The van der Waals surface area contributed by atoms with Crippen molar-refractivity contribution in [2.75, 3.05) is 6.54 Å². The van der Waals surface area contributed by atoms with Gasteiger partial charge in [0, 0.05) is 102 Å². The first-order chi connectivity index (χ1) is 24.7. The Balaban J connectivity index is 0.000000135. The first-order valence-corrected chi connectivity index (χ1v) is 16.7. The number of aromatic nitrogens is 6. The first-order valence-electron chi connectivity index (χ1n) is 16.7. The van der Waals surface area contributed by atoms with Crippen LogP contribution >= 0.6 is 0 Å². The third kappa shape index (κ3) is 8.17. The number of benzene rings is 3. The molecular formula is C42H35N7ORu. The molecule has 0 saturated heterocycles. The van der Waals surface area contributed by atoms with Gasteiger partial charge in [0.25, 0.3) is 0 Å². The van der Waals surface area contributed by atoms with Crippen molar-refractivity contribution in [2.45, 2.75) is 26.2 Å². The van der Waals surface area contributed by atoms with E-state index >= 15 is 0 Å². The summed E-state index contributed by atoms with van der Waals surface area (Å²) in [6, 6.07) is 34.6. The van der Waals surface area contributed by atoms with Crippen LogP contribution in [0.3, 0.4) is 0 Å². The summed E-state index contributed by atoms with van der Waals surface area (Å²) in [7, 11) is 0. The summed E-state index contributed by atoms with van der Waals surface area (Å²) in [5, 5.41) is 9.67. The Bertz CT molecular complexity index is 2370. The largest absolute Gasteiger partial charge is 0.356 e. The minimum absolute atomic E-state index is 0. The summed E-state index contributed by atoms with van der Waals surface area (Å²) >= 11 is 0. The van der Waals surface area contributed by atoms with Gasteiger partial charge in [0.15, 0.2) is 0 Å². The molecule has 0 saturated carbocycles. The predicted molar refractivity (Wildman–Crippen MR) is 203 cm³/mol. The summed E-state index contributed by atoms with van der Waals surface area (Å²) in [6.45, 7) is 2.29. The van der Waals surface area contributed by atoms with Gasteiger partial charge >= 0.3 is 0 Å². The van der Waals surface area contributed by atoms with Crippen LogP contribution in [0.2, 0.25) is 0 Å². The molecule has 9 rings (SSSR count). The van der Waals surface area contributed by atoms with Crippen molar-refractivity contribution in [2.24, 2.45) is 0 Å². The second-order valence-corrected chi connectivity index (χ2v) is 11.9. The van der Waals surface area contributed by atoms with Crippen LogP contribution in [-0.4, -0.2) is 42.4 Å². The zero-order valence-corrected chi connectivity index (χ0v) is 29.8. The van der Waals surface area contributed by atoms with Crippen LogP contribution in [0.5, 0.6) is 0 Å². The number of nitrogens with one attached hydrogen (secondary N) is 1. The van der Waals surface area contributed by atoms with E-state index in [0.717, 1.165) is 85.8 Å². The Morgan fingerprint density at radius 1 is 0.471 bits per heavy atom. The third-order valence-electron chi connectivity index (χ3n) is 8.51. The summed E-state index contributed by atoms with van der Waals surface area (Å²) in [5.41, 5.74) is 7.13. The second kappa shape index (κ2) is 16.7. The predicted octanol–water partition coefficient (Wildman–Crippen LogP) is 8.81. The van der Waals surface area contributed by atoms with Gasteiger partial charge in [0.1, 0.15) is 0 Å². The molecule has 51 heavy (non-hydrogen) atoms. The third-order valence-corrected chi connectivity index (χ3v) is 8.51. The van der Waals surface area contributed by atoms with Crippen LogP contribution in [0.25, 0.3) is 65.4 Å². The molecule has 9 heteroatoms. The van der Waals surface area contributed by atoms with E-state index in [-0.39, 0.29) is 25.4 Å². The number of nitrogens with zero attached hydrogens (tertiary/aromatic N) is 6. The normalized spacial score (nSPS) is 10.7. The number of carbonyl (C=O) groups excluding carboxylic acids is 1. The van der Waals surface area contributed by atoms with E-state index < -0.39 is 0 Å². The van der Waals surface area contributed by atoms with Crippen molar-refractivity contribution < 1.29 is 24.3 Å². The van der Waals surface area contributed by atoms with Gasteiger partial charge in [0.2, 0.25) is 5.91 Å². The zero-order valence-electron chi connectivity index (χ0n) is 28.1. The fourth-order valence-electron chi connectivity index (χ4n) is 6.09. The van der Waals surface area contributed by atoms with E-state index in [1.165, 1.54) is 10.9 Å². The number of carbonyl (C=O) groups is 1. The Morgan fingerprint density at radius 3 is 1.25 bits per heavy atom. The van der Waals surface area contributed by atoms with Gasteiger partial charge in [-0.05, 0) is 61.2 Å². The fraction of sp³-hybridized carbons (Fsp3) is 0.119. The molecule has 0 fully saturated rings. The van der Waals surface area contributed by atoms with E-state index in [9.17, 15) is 4.79 Å². The standard InChI is InChI=1S/C18H19N3O.2C12H8N2.Ru/c1-13(22)19-10-3-2-5-14-9-12-21-18-16(14)8-7-15-6-4-11-20-17(15)18;2*1-3-9-5-6-10-4-2-8-14-12(10)11(9)13-7-1;/h4,6-9,11-12H,2-3,5,10H2,1H3,(H,19,22);2*1-8H;. The number of pyridine rings is 6. The molecule has 0 aliphatic heterocycles. The molecule has 0 unspecified atom stereocenters. The van der Waals surface area contributed by atoms with Crippen molar-refractivity contribution >= 4 is 71.3 Å². The van der Waals surface area contributed by atoms with E-state index in [1.54, 1.807) is 31.7 Å². The van der Waals surface area contributed by atoms with Crippen LogP contribution in [-0.2, 0) is 30.7 Å². The number of aryl methyl sites for hydroxylation is 1. The maximum atomic E-state index is 10.8. The number of unbranched alkanes of at least 4 members (excludes halogenated alkanes) is 1. The molecule has 3 aromatic carbocycles. The van der Waals surface area contributed by atoms with Crippen molar-refractivity contribution in [1.82, 2.24) is 35.2 Å². The topological polar surface area (TPSA) is 106 Å². The molecule has 0 radical (unpaired) electrons. The van der Waals surface area contributed by atoms with Gasteiger partial charge in [-0.2, -0.15) is 0 Å². The van der Waals surface area contributed by atoms with E-state index in [0.29, 0.717) is 0 Å². The molecular weight excluding hydrogens is 720 g/mol. The van der Waals surface area contributed by atoms with Gasteiger partial charge in [-0.1, -0.05) is 66.7 Å². The molecule has 0 aliphatic carbocycles. The quantitative estimate of drug-likeness (QED) is 0.106. The molecule has 6 aromatic heterocycles. The van der Waals surface area contributed by atoms with Crippen LogP contribution < -0.4 is 5.32 Å². The number of hydrogen-bond donors (Lipinski definition) is 1. The Hall–Kier alpha value is -5.79. The molecule has 1 N–H and O–H groups in total. The summed E-state index contributed by atoms with van der Waals surface area (Å²) in [5.74, 6) is 0.0342. The molecule has 0 spiro atoms. The molecule has 8 nitrogen and oxygen atoms in total. The minimum atomic E-state index is 0. The number of amides is 1. The minimum Gasteiger partial charge on any atom is -0.356 e. The van der Waals surface area contributed by atoms with E-state index in [1.807, 2.05) is 42.7 Å². The SMILES string of the molecule is CC(=O)NCCCCc1ccnc2c1ccc1cccnc12.[Ru].c1cnc2c(c1)ccc1cccnc12.c1cnc2c(c1)ccc1cccnc12. The number of rotatable bonds is 5. The Labute approximate surface area is 308 Å². The van der Waals surface area contributed by atoms with Crippen LogP contribution in [0.15, 0.2) is 140 Å². The summed E-state index contributed by atoms with van der Waals surface area (Å²) in [4.78, 5) is 37.2. The smallest absolute Gasteiger partial charge is 0.216 e. The van der Waals surface area contributed by atoms with Gasteiger partial charge in [-0.15, -0.1) is 0 Å². The summed E-state index contributed by atoms with van der Waals surface area (Å²) < 4.78 is 0. The monoisotopic (exact) mass is 755 g/mol. The van der Waals surface area contributed by atoms with Crippen LogP contribution in [0.4, 0.5) is 0 Å². The summed E-state index contributed by atoms with van der Waals surface area (Å²) in [6.07, 6.45) is 13.9. The Kier molecular flexibility index (Phi) is 11.5. The Morgan fingerprint density at radius 2 is 0.843 bits per heavy atom. The fourth-order valence-corrected chi connectivity index (χ4v) is 6.09. The molecule has 6 heterocycles. The first kappa shape index (κ1) is 35.1. The van der Waals surface area contributed by atoms with Gasteiger partial charge in [-0.25, -0.2) is 0 Å². The average molecular weight is 755 g/mol. The van der Waals surface area contributed by atoms with Gasteiger partial charge in [-0.3, -0.25) is 34.7 Å². The molecule has 0 aliphatic rings. The number of fused-ring (bicyclic) bond motifs is 9. The zero-order chi connectivity index (χ0) is 34.1. The van der Waals surface area contributed by atoms with Crippen molar-refractivity contribution in [1.29, 1.82) is 0 Å². The van der Waals surface area contributed by atoms with Crippen LogP contribution in [0, 0.1) is 0 Å². The average Bonchev–Trinajstić information content (AvgIpc) is 3.18. The van der Waals surface area contributed by atoms with Crippen LogP contribution in [0.1, 0.15) is 25.3 Å². The van der Waals surface area contributed by atoms with Gasteiger partial charge in [0.05, 0.1) is 33.1 Å². The van der Waals surface area contributed by atoms with Crippen molar-refractivity contribution in [3.63, 3.8) is 0 Å². The molecule has 9 aromatic rings. The van der Waals surface area contributed by atoms with E-state index in [2.05, 4.69) is 108 Å². The van der Waals surface area contributed by atoms with Crippen molar-refractivity contribution in [3.8, 4) is 0 Å². The second-order valence-electron chi connectivity index (χ2n) is 11.9. The molecule has 0 atom stereocenters. The van der Waals surface area contributed by atoms with E-state index in [4.69, 9.17) is 0 Å². The number of hydrogen-bond acceptors (Lipinski definition) is 7. The maximum Gasteiger partial charge on any atom is 0.216 e. The van der Waals surface area contributed by atoms with Crippen molar-refractivity contribution in [3.05, 3.63) is 146 Å². The van der Waals surface area contributed by atoms with Gasteiger partial charge < -0.3 is 5.32 Å². The molecule has 252 valence electrons. The molecule has 1 amide bonds. The molecule has 0 bridgehead atoms. The maximum absolute atomic E-state index is 10.8.